The second-order valence-corrected chi connectivity index (χ2v) is 7.50. The van der Waals surface area contributed by atoms with E-state index in [0.717, 1.165) is 21.5 Å². The van der Waals surface area contributed by atoms with Gasteiger partial charge in [0.15, 0.2) is 23.0 Å². The lowest BCUT2D eigenvalue weighted by Gasteiger charge is -2.20. The molecule has 0 amide bonds. The summed E-state index contributed by atoms with van der Waals surface area (Å²) >= 11 is 3.59. The Morgan fingerprint density at radius 3 is 2.63 bits per heavy atom. The predicted octanol–water partition coefficient (Wildman–Crippen LogP) is 5.56. The van der Waals surface area contributed by atoms with Gasteiger partial charge in [-0.1, -0.05) is 34.1 Å². The third kappa shape index (κ3) is 4.46. The lowest BCUT2D eigenvalue weighted by atomic mass is 10.1. The predicted molar refractivity (Wildman–Crippen MR) is 116 cm³/mol. The summed E-state index contributed by atoms with van der Waals surface area (Å²) in [7, 11) is 1.58. The highest BCUT2D eigenvalue weighted by Crippen LogP contribution is 2.38. The molecular weight excluding hydrogens is 453 g/mol. The van der Waals surface area contributed by atoms with Crippen LogP contribution in [0.1, 0.15) is 11.1 Å². The molecule has 0 radical (unpaired) electrons. The lowest BCUT2D eigenvalue weighted by molar-refractivity contribution is 0.171. The van der Waals surface area contributed by atoms with Crippen LogP contribution < -0.4 is 24.3 Å². The minimum atomic E-state index is -0.303. The van der Waals surface area contributed by atoms with Crippen LogP contribution in [-0.2, 0) is 13.2 Å². The van der Waals surface area contributed by atoms with Crippen LogP contribution >= 0.6 is 15.9 Å². The number of fused-ring (bicyclic) bond motifs is 1. The average molecular weight is 474 g/mol. The Balaban J connectivity index is 1.55. The van der Waals surface area contributed by atoms with Gasteiger partial charge in [-0.05, 0) is 30.3 Å². The highest BCUT2D eigenvalue weighted by Gasteiger charge is 2.17. The molecule has 1 aliphatic heterocycles. The molecule has 0 fully saturated rings. The standard InChI is InChI=1S/C23H21BrFNO4/c1-27-21-9-7-18(24)17(23(21)30-14-15-4-2-3-5-19(15)25)13-26-16-6-8-20-22(12-16)29-11-10-28-20/h2-9,12,26H,10-11,13-14H2,1H3. The van der Waals surface area contributed by atoms with Crippen molar-refractivity contribution in [3.63, 3.8) is 0 Å². The first-order chi connectivity index (χ1) is 14.7. The number of ether oxygens (including phenoxy) is 4. The third-order valence-electron chi connectivity index (χ3n) is 4.73. The monoisotopic (exact) mass is 473 g/mol. The van der Waals surface area contributed by atoms with Crippen molar-refractivity contribution < 1.29 is 23.3 Å². The molecular formula is C23H21BrFNO4. The first kappa shape index (κ1) is 20.3. The van der Waals surface area contributed by atoms with Gasteiger partial charge in [-0.15, -0.1) is 0 Å². The summed E-state index contributed by atoms with van der Waals surface area (Å²) in [5.74, 6) is 2.28. The molecule has 0 saturated carbocycles. The van der Waals surface area contributed by atoms with Crippen LogP contribution in [0.25, 0.3) is 0 Å². The maximum atomic E-state index is 14.0. The molecule has 0 spiro atoms. The summed E-state index contributed by atoms with van der Waals surface area (Å²) in [6.45, 7) is 1.64. The Morgan fingerprint density at radius 1 is 1.03 bits per heavy atom. The molecule has 30 heavy (non-hydrogen) atoms. The molecule has 5 nitrogen and oxygen atoms in total. The van der Waals surface area contributed by atoms with Gasteiger partial charge < -0.3 is 24.3 Å². The van der Waals surface area contributed by atoms with E-state index in [2.05, 4.69) is 21.2 Å². The second kappa shape index (κ2) is 9.26. The van der Waals surface area contributed by atoms with E-state index < -0.39 is 0 Å². The molecule has 3 aromatic rings. The van der Waals surface area contributed by atoms with Crippen molar-refractivity contribution >= 4 is 21.6 Å². The molecule has 4 rings (SSSR count). The second-order valence-electron chi connectivity index (χ2n) is 6.65. The van der Waals surface area contributed by atoms with E-state index in [4.69, 9.17) is 18.9 Å². The van der Waals surface area contributed by atoms with Crippen LogP contribution in [0, 0.1) is 5.82 Å². The molecule has 0 saturated heterocycles. The SMILES string of the molecule is COc1ccc(Br)c(CNc2ccc3c(c2)OCCO3)c1OCc1ccccc1F. The Morgan fingerprint density at radius 2 is 1.83 bits per heavy atom. The molecule has 1 aliphatic rings. The van der Waals surface area contributed by atoms with Crippen molar-refractivity contribution in [2.24, 2.45) is 0 Å². The zero-order valence-electron chi connectivity index (χ0n) is 16.4. The van der Waals surface area contributed by atoms with E-state index in [1.165, 1.54) is 6.07 Å². The van der Waals surface area contributed by atoms with Crippen LogP contribution in [0.2, 0.25) is 0 Å². The normalized spacial score (nSPS) is 12.4. The smallest absolute Gasteiger partial charge is 0.167 e. The van der Waals surface area contributed by atoms with Crippen LogP contribution in [-0.4, -0.2) is 20.3 Å². The van der Waals surface area contributed by atoms with Crippen LogP contribution in [0.3, 0.4) is 0 Å². The largest absolute Gasteiger partial charge is 0.493 e. The Bertz CT molecular complexity index is 1040. The highest BCUT2D eigenvalue weighted by atomic mass is 79.9. The van der Waals surface area contributed by atoms with Crippen LogP contribution in [0.15, 0.2) is 59.1 Å². The maximum Gasteiger partial charge on any atom is 0.167 e. The lowest BCUT2D eigenvalue weighted by Crippen LogP contribution is -2.15. The molecule has 156 valence electrons. The number of anilines is 1. The Labute approximate surface area is 182 Å². The third-order valence-corrected chi connectivity index (χ3v) is 5.47. The Kier molecular flexibility index (Phi) is 6.28. The summed E-state index contributed by atoms with van der Waals surface area (Å²) < 4.78 is 37.6. The topological polar surface area (TPSA) is 49.0 Å². The first-order valence-corrected chi connectivity index (χ1v) is 10.3. The number of methoxy groups -OCH3 is 1. The number of rotatable bonds is 7. The summed E-state index contributed by atoms with van der Waals surface area (Å²) in [6, 6.07) is 16.0. The van der Waals surface area contributed by atoms with Gasteiger partial charge in [0.1, 0.15) is 25.6 Å². The van der Waals surface area contributed by atoms with E-state index in [9.17, 15) is 4.39 Å². The van der Waals surface area contributed by atoms with Crippen molar-refractivity contribution in [2.45, 2.75) is 13.2 Å². The fraction of sp³-hybridized carbons (Fsp3) is 0.217. The van der Waals surface area contributed by atoms with Crippen LogP contribution in [0.5, 0.6) is 23.0 Å². The van der Waals surface area contributed by atoms with Gasteiger partial charge in [-0.25, -0.2) is 4.39 Å². The number of hydrogen-bond donors (Lipinski definition) is 1. The van der Waals surface area contributed by atoms with Gasteiger partial charge in [-0.2, -0.15) is 0 Å². The summed E-state index contributed by atoms with van der Waals surface area (Å²) in [5, 5.41) is 3.38. The molecule has 1 heterocycles. The van der Waals surface area contributed by atoms with E-state index in [0.29, 0.717) is 42.6 Å². The van der Waals surface area contributed by atoms with E-state index in [1.54, 1.807) is 25.3 Å². The molecule has 1 N–H and O–H groups in total. The molecule has 0 bridgehead atoms. The van der Waals surface area contributed by atoms with E-state index >= 15 is 0 Å². The number of halogens is 2. The van der Waals surface area contributed by atoms with Crippen molar-refractivity contribution in [2.75, 3.05) is 25.6 Å². The molecule has 0 atom stereocenters. The zero-order valence-corrected chi connectivity index (χ0v) is 18.0. The Hall–Kier alpha value is -2.93. The average Bonchev–Trinajstić information content (AvgIpc) is 2.78. The van der Waals surface area contributed by atoms with Gasteiger partial charge in [-0.3, -0.25) is 0 Å². The zero-order chi connectivity index (χ0) is 20.9. The minimum Gasteiger partial charge on any atom is -0.493 e. The van der Waals surface area contributed by atoms with E-state index in [1.807, 2.05) is 30.3 Å². The number of hydrogen-bond acceptors (Lipinski definition) is 5. The van der Waals surface area contributed by atoms with Gasteiger partial charge in [0.25, 0.3) is 0 Å². The summed E-state index contributed by atoms with van der Waals surface area (Å²) in [5.41, 5.74) is 2.22. The van der Waals surface area contributed by atoms with Crippen molar-refractivity contribution in [3.8, 4) is 23.0 Å². The summed E-state index contributed by atoms with van der Waals surface area (Å²) in [6.07, 6.45) is 0. The fourth-order valence-electron chi connectivity index (χ4n) is 3.18. The van der Waals surface area contributed by atoms with Crippen molar-refractivity contribution in [1.82, 2.24) is 0 Å². The molecule has 7 heteroatoms. The minimum absolute atomic E-state index is 0.0938. The molecule has 0 aromatic heterocycles. The maximum absolute atomic E-state index is 14.0. The quantitative estimate of drug-likeness (QED) is 0.486. The van der Waals surface area contributed by atoms with Crippen molar-refractivity contribution in [1.29, 1.82) is 0 Å². The summed E-state index contributed by atoms with van der Waals surface area (Å²) in [4.78, 5) is 0. The van der Waals surface area contributed by atoms with Gasteiger partial charge in [0.2, 0.25) is 0 Å². The van der Waals surface area contributed by atoms with Crippen molar-refractivity contribution in [3.05, 3.63) is 76.0 Å². The van der Waals surface area contributed by atoms with E-state index in [-0.39, 0.29) is 12.4 Å². The van der Waals surface area contributed by atoms with Crippen LogP contribution in [0.4, 0.5) is 10.1 Å². The fourth-order valence-corrected chi connectivity index (χ4v) is 3.63. The number of benzene rings is 3. The molecule has 3 aromatic carbocycles. The number of nitrogens with one attached hydrogen (secondary N) is 1. The molecule has 0 unspecified atom stereocenters. The van der Waals surface area contributed by atoms with Gasteiger partial charge in [0.05, 0.1) is 7.11 Å². The molecule has 0 aliphatic carbocycles. The van der Waals surface area contributed by atoms with Gasteiger partial charge in [0, 0.05) is 33.9 Å². The first-order valence-electron chi connectivity index (χ1n) is 9.51. The highest BCUT2D eigenvalue weighted by molar-refractivity contribution is 9.10. The van der Waals surface area contributed by atoms with Gasteiger partial charge >= 0.3 is 0 Å².